The van der Waals surface area contributed by atoms with Gasteiger partial charge in [-0.15, -0.1) is 0 Å². The van der Waals surface area contributed by atoms with Crippen LogP contribution < -0.4 is 10.0 Å². The largest absolute Gasteiger partial charge is 0.355 e. The lowest BCUT2D eigenvalue weighted by Crippen LogP contribution is -2.36. The lowest BCUT2D eigenvalue weighted by atomic mass is 9.94. The summed E-state index contributed by atoms with van der Waals surface area (Å²) in [5.74, 6) is 0.445. The van der Waals surface area contributed by atoms with Crippen molar-refractivity contribution in [3.05, 3.63) is 59.1 Å². The molecule has 0 aromatic heterocycles. The molecular weight excluding hydrogens is 384 g/mol. The van der Waals surface area contributed by atoms with E-state index in [2.05, 4.69) is 23.9 Å². The molecule has 1 aliphatic rings. The molecule has 2 aromatic carbocycles. The number of sulfonamides is 1. The Morgan fingerprint density at radius 1 is 1.07 bits per heavy atom. The van der Waals surface area contributed by atoms with E-state index in [-0.39, 0.29) is 10.8 Å². The molecule has 0 heterocycles. The molecule has 2 N–H and O–H groups in total. The third kappa shape index (κ3) is 4.45. The van der Waals surface area contributed by atoms with Crippen molar-refractivity contribution in [1.82, 2.24) is 5.32 Å². The number of nitrogens with one attached hydrogen (secondary N) is 2. The van der Waals surface area contributed by atoms with Crippen LogP contribution in [0.15, 0.2) is 53.4 Å². The molecule has 2 aromatic rings. The summed E-state index contributed by atoms with van der Waals surface area (Å²) < 4.78 is 27.4. The van der Waals surface area contributed by atoms with Gasteiger partial charge in [-0.05, 0) is 60.7 Å². The first-order chi connectivity index (χ1) is 12.7. The molecule has 7 heteroatoms. The minimum absolute atomic E-state index is 0.0469. The van der Waals surface area contributed by atoms with Crippen molar-refractivity contribution in [2.45, 2.75) is 37.0 Å². The van der Waals surface area contributed by atoms with Gasteiger partial charge in [-0.1, -0.05) is 37.6 Å². The van der Waals surface area contributed by atoms with E-state index in [1.54, 1.807) is 12.1 Å². The van der Waals surface area contributed by atoms with Crippen LogP contribution in [0.25, 0.3) is 0 Å². The summed E-state index contributed by atoms with van der Waals surface area (Å²) in [7, 11) is -3.69. The normalized spacial score (nSPS) is 15.4. The van der Waals surface area contributed by atoms with Crippen molar-refractivity contribution in [2.75, 3.05) is 11.3 Å². The molecule has 0 bridgehead atoms. The monoisotopic (exact) mass is 406 g/mol. The Labute approximate surface area is 165 Å². The summed E-state index contributed by atoms with van der Waals surface area (Å²) in [5.41, 5.74) is 0.896. The zero-order valence-corrected chi connectivity index (χ0v) is 16.9. The minimum Gasteiger partial charge on any atom is -0.355 e. The van der Waals surface area contributed by atoms with Gasteiger partial charge in [-0.2, -0.15) is 0 Å². The molecule has 144 valence electrons. The Hall–Kier alpha value is -2.05. The number of halogens is 1. The van der Waals surface area contributed by atoms with Gasteiger partial charge in [0.05, 0.1) is 10.3 Å². The maximum atomic E-state index is 12.5. The Bertz CT molecular complexity index is 919. The smallest absolute Gasteiger partial charge is 0.261 e. The number of carbonyl (C=O) groups is 1. The third-order valence-electron chi connectivity index (χ3n) is 4.67. The summed E-state index contributed by atoms with van der Waals surface area (Å²) in [4.78, 5) is 12.7. The topological polar surface area (TPSA) is 75.3 Å². The second-order valence-electron chi connectivity index (χ2n) is 7.32. The van der Waals surface area contributed by atoms with Crippen LogP contribution in [0.4, 0.5) is 5.69 Å². The second kappa shape index (κ2) is 7.52. The fourth-order valence-electron chi connectivity index (χ4n) is 2.92. The molecular formula is C20H23ClN2O3S. The number of rotatable bonds is 7. The molecule has 3 rings (SSSR count). The molecule has 27 heavy (non-hydrogen) atoms. The van der Waals surface area contributed by atoms with Gasteiger partial charge in [-0.3, -0.25) is 9.52 Å². The van der Waals surface area contributed by atoms with E-state index in [9.17, 15) is 13.2 Å². The Morgan fingerprint density at radius 3 is 2.19 bits per heavy atom. The van der Waals surface area contributed by atoms with Gasteiger partial charge in [0.15, 0.2) is 0 Å². The average molecular weight is 407 g/mol. The molecule has 0 spiro atoms. The van der Waals surface area contributed by atoms with Crippen LogP contribution in [0.1, 0.15) is 32.3 Å². The van der Waals surface area contributed by atoms with Gasteiger partial charge in [0, 0.05) is 17.3 Å². The van der Waals surface area contributed by atoms with Gasteiger partial charge in [0.25, 0.3) is 10.0 Å². The van der Waals surface area contributed by atoms with Crippen molar-refractivity contribution in [3.8, 4) is 0 Å². The molecule has 0 radical (unpaired) electrons. The highest BCUT2D eigenvalue weighted by atomic mass is 35.5. The van der Waals surface area contributed by atoms with Gasteiger partial charge in [-0.25, -0.2) is 8.42 Å². The van der Waals surface area contributed by atoms with Crippen LogP contribution in [0.5, 0.6) is 0 Å². The van der Waals surface area contributed by atoms with Crippen molar-refractivity contribution in [3.63, 3.8) is 0 Å². The number of hydrogen-bond donors (Lipinski definition) is 2. The molecule has 0 unspecified atom stereocenters. The van der Waals surface area contributed by atoms with Crippen LogP contribution in [-0.2, 0) is 20.2 Å². The number of anilines is 1. The Morgan fingerprint density at radius 2 is 1.67 bits per heavy atom. The molecule has 1 saturated carbocycles. The van der Waals surface area contributed by atoms with E-state index >= 15 is 0 Å². The van der Waals surface area contributed by atoms with Gasteiger partial charge in [0.1, 0.15) is 0 Å². The van der Waals surface area contributed by atoms with Crippen molar-refractivity contribution in [2.24, 2.45) is 5.92 Å². The summed E-state index contributed by atoms with van der Waals surface area (Å²) in [6, 6.07) is 13.0. The van der Waals surface area contributed by atoms with Gasteiger partial charge >= 0.3 is 0 Å². The quantitative estimate of drug-likeness (QED) is 0.731. The molecule has 0 atom stereocenters. The summed E-state index contributed by atoms with van der Waals surface area (Å²) in [6.07, 6.45) is 1.62. The first kappa shape index (κ1) is 19.7. The zero-order valence-electron chi connectivity index (χ0n) is 15.3. The lowest BCUT2D eigenvalue weighted by molar-refractivity contribution is -0.123. The Kier molecular flexibility index (Phi) is 5.49. The summed E-state index contributed by atoms with van der Waals surface area (Å²) >= 11 is 5.81. The lowest BCUT2D eigenvalue weighted by Gasteiger charge is -2.17. The average Bonchev–Trinajstić information content (AvgIpc) is 3.42. The van der Waals surface area contributed by atoms with Crippen LogP contribution in [0, 0.1) is 5.92 Å². The maximum absolute atomic E-state index is 12.5. The zero-order chi connectivity index (χ0) is 19.7. The first-order valence-corrected chi connectivity index (χ1v) is 10.8. The van der Waals surface area contributed by atoms with Crippen molar-refractivity contribution in [1.29, 1.82) is 0 Å². The summed E-state index contributed by atoms with van der Waals surface area (Å²) in [6.45, 7) is 4.77. The molecule has 1 amide bonds. The highest BCUT2D eigenvalue weighted by Crippen LogP contribution is 2.48. The fourth-order valence-corrected chi connectivity index (χ4v) is 4.11. The van der Waals surface area contributed by atoms with E-state index in [0.29, 0.717) is 23.2 Å². The van der Waals surface area contributed by atoms with Crippen LogP contribution in [-0.4, -0.2) is 20.9 Å². The standard InChI is InChI=1S/C20H23ClN2O3S/c1-14(2)13-22-19(24)20(11-12-20)15-3-7-17(8-4-15)23-27(25,26)18-9-5-16(21)6-10-18/h3-10,14,23H,11-13H2,1-2H3,(H,22,24). The molecule has 5 nitrogen and oxygen atoms in total. The number of benzene rings is 2. The minimum atomic E-state index is -3.69. The molecule has 1 fully saturated rings. The molecule has 0 saturated heterocycles. The predicted octanol–water partition coefficient (Wildman–Crippen LogP) is 3.94. The molecule has 0 aliphatic heterocycles. The van der Waals surface area contributed by atoms with Crippen LogP contribution >= 0.6 is 11.6 Å². The number of hydrogen-bond acceptors (Lipinski definition) is 3. The SMILES string of the molecule is CC(C)CNC(=O)C1(c2ccc(NS(=O)(=O)c3ccc(Cl)cc3)cc2)CC1. The number of amides is 1. The third-order valence-corrected chi connectivity index (χ3v) is 6.32. The van der Waals surface area contributed by atoms with E-state index < -0.39 is 15.4 Å². The highest BCUT2D eigenvalue weighted by molar-refractivity contribution is 7.92. The van der Waals surface area contributed by atoms with E-state index in [0.717, 1.165) is 18.4 Å². The molecule has 1 aliphatic carbocycles. The van der Waals surface area contributed by atoms with Gasteiger partial charge in [0.2, 0.25) is 5.91 Å². The van der Waals surface area contributed by atoms with E-state index in [1.165, 1.54) is 24.3 Å². The predicted molar refractivity (Wildman–Crippen MR) is 107 cm³/mol. The van der Waals surface area contributed by atoms with E-state index in [4.69, 9.17) is 11.6 Å². The van der Waals surface area contributed by atoms with Crippen LogP contribution in [0.2, 0.25) is 5.02 Å². The highest BCUT2D eigenvalue weighted by Gasteiger charge is 2.51. The van der Waals surface area contributed by atoms with E-state index in [1.807, 2.05) is 12.1 Å². The van der Waals surface area contributed by atoms with Crippen LogP contribution in [0.3, 0.4) is 0 Å². The first-order valence-electron chi connectivity index (χ1n) is 8.90. The second-order valence-corrected chi connectivity index (χ2v) is 9.44. The van der Waals surface area contributed by atoms with Gasteiger partial charge < -0.3 is 5.32 Å². The number of carbonyl (C=O) groups excluding carboxylic acids is 1. The Balaban J connectivity index is 1.72. The fraction of sp³-hybridized carbons (Fsp3) is 0.350. The maximum Gasteiger partial charge on any atom is 0.261 e. The van der Waals surface area contributed by atoms with Crippen molar-refractivity contribution < 1.29 is 13.2 Å². The van der Waals surface area contributed by atoms with Crippen molar-refractivity contribution >= 4 is 33.2 Å². The summed E-state index contributed by atoms with van der Waals surface area (Å²) in [5, 5.41) is 3.48.